The van der Waals surface area contributed by atoms with Crippen molar-refractivity contribution in [2.75, 3.05) is 6.26 Å². The molecular weight excluding hydrogens is 346 g/mol. The van der Waals surface area contributed by atoms with Crippen LogP contribution in [0.25, 0.3) is 0 Å². The molecule has 0 saturated heterocycles. The lowest BCUT2D eigenvalue weighted by molar-refractivity contribution is -0.384. The topological polar surface area (TPSA) is 84.6 Å². The highest BCUT2D eigenvalue weighted by molar-refractivity contribution is 8.38. The Labute approximate surface area is 147 Å². The summed E-state index contributed by atoms with van der Waals surface area (Å²) in [7, 11) is 0. The van der Waals surface area contributed by atoms with E-state index in [4.69, 9.17) is 0 Å². The van der Waals surface area contributed by atoms with E-state index < -0.39 is 10.8 Å². The summed E-state index contributed by atoms with van der Waals surface area (Å²) in [4.78, 5) is 22.1. The molecule has 0 atom stereocenters. The maximum absolute atomic E-state index is 12.0. The van der Waals surface area contributed by atoms with Gasteiger partial charge in [0.15, 0.2) is 0 Å². The Morgan fingerprint density at radius 3 is 2.42 bits per heavy atom. The van der Waals surface area contributed by atoms with E-state index in [1.54, 1.807) is 0 Å². The molecule has 2 aromatic carbocycles. The van der Waals surface area contributed by atoms with Gasteiger partial charge >= 0.3 is 0 Å². The number of rotatable bonds is 5. The van der Waals surface area contributed by atoms with Crippen molar-refractivity contribution in [2.24, 2.45) is 5.10 Å². The van der Waals surface area contributed by atoms with Crippen molar-refractivity contribution in [1.29, 1.82) is 0 Å². The van der Waals surface area contributed by atoms with Crippen LogP contribution in [0.2, 0.25) is 0 Å². The Kier molecular flexibility index (Phi) is 6.83. The van der Waals surface area contributed by atoms with Gasteiger partial charge in [0.1, 0.15) is 4.38 Å². The highest BCUT2D eigenvalue weighted by Gasteiger charge is 2.09. The van der Waals surface area contributed by atoms with E-state index >= 15 is 0 Å². The Morgan fingerprint density at radius 1 is 1.17 bits per heavy atom. The molecular formula is C16H15N3O3S2. The molecule has 2 aromatic rings. The Morgan fingerprint density at radius 2 is 1.83 bits per heavy atom. The van der Waals surface area contributed by atoms with Crippen LogP contribution < -0.4 is 5.43 Å². The van der Waals surface area contributed by atoms with Crippen LogP contribution in [-0.2, 0) is 5.75 Å². The highest BCUT2D eigenvalue weighted by Crippen LogP contribution is 2.19. The predicted molar refractivity (Wildman–Crippen MR) is 99.2 cm³/mol. The summed E-state index contributed by atoms with van der Waals surface area (Å²) < 4.78 is 0.731. The number of hydrogen-bond donors (Lipinski definition) is 1. The normalized spacial score (nSPS) is 11.1. The molecule has 0 unspecified atom stereocenters. The number of non-ortho nitro benzene ring substituents is 1. The molecule has 0 fully saturated rings. The summed E-state index contributed by atoms with van der Waals surface area (Å²) in [5.74, 6) is 0.352. The number of amides is 1. The lowest BCUT2D eigenvalue weighted by Crippen LogP contribution is -2.18. The summed E-state index contributed by atoms with van der Waals surface area (Å²) in [6.07, 6.45) is 1.88. The molecule has 0 saturated carbocycles. The minimum atomic E-state index is -0.508. The predicted octanol–water partition coefficient (Wildman–Crippen LogP) is 3.89. The van der Waals surface area contributed by atoms with Crippen LogP contribution in [0.1, 0.15) is 15.9 Å². The molecule has 0 bridgehead atoms. The van der Waals surface area contributed by atoms with Gasteiger partial charge in [-0.05, 0) is 24.0 Å². The summed E-state index contributed by atoms with van der Waals surface area (Å²) in [5.41, 5.74) is 3.90. The molecule has 0 heterocycles. The zero-order valence-electron chi connectivity index (χ0n) is 12.8. The maximum atomic E-state index is 12.0. The van der Waals surface area contributed by atoms with E-state index in [0.717, 1.165) is 10.1 Å². The number of thioether (sulfide) groups is 2. The number of nitro groups is 1. The largest absolute Gasteiger partial charge is 0.271 e. The molecule has 8 heteroatoms. The van der Waals surface area contributed by atoms with Gasteiger partial charge in [-0.25, -0.2) is 5.43 Å². The van der Waals surface area contributed by atoms with Crippen molar-refractivity contribution in [2.45, 2.75) is 5.75 Å². The molecule has 1 N–H and O–H groups in total. The SMILES string of the molecule is CSC(=NNC(=O)c1ccc([N+](=O)[O-])cc1)SCc1ccccc1. The number of nitro benzene ring substituents is 1. The number of benzene rings is 2. The Bertz CT molecular complexity index is 734. The summed E-state index contributed by atoms with van der Waals surface area (Å²) in [6, 6.07) is 15.3. The van der Waals surface area contributed by atoms with Crippen LogP contribution in [0.15, 0.2) is 59.7 Å². The number of carbonyl (C=O) groups is 1. The van der Waals surface area contributed by atoms with Crippen LogP contribution in [0.4, 0.5) is 5.69 Å². The molecule has 0 spiro atoms. The molecule has 0 aliphatic heterocycles. The van der Waals surface area contributed by atoms with Gasteiger partial charge < -0.3 is 0 Å². The fourth-order valence-electron chi connectivity index (χ4n) is 1.75. The van der Waals surface area contributed by atoms with Crippen molar-refractivity contribution in [3.05, 3.63) is 75.8 Å². The van der Waals surface area contributed by atoms with Gasteiger partial charge in [-0.1, -0.05) is 42.1 Å². The first-order chi connectivity index (χ1) is 11.6. The van der Waals surface area contributed by atoms with E-state index in [2.05, 4.69) is 10.5 Å². The van der Waals surface area contributed by atoms with Gasteiger partial charge in [-0.15, -0.1) is 11.8 Å². The van der Waals surface area contributed by atoms with Crippen LogP contribution in [0.5, 0.6) is 0 Å². The van der Waals surface area contributed by atoms with Gasteiger partial charge in [0.2, 0.25) is 0 Å². The average Bonchev–Trinajstić information content (AvgIpc) is 2.62. The van der Waals surface area contributed by atoms with Crippen molar-refractivity contribution in [3.63, 3.8) is 0 Å². The fourth-order valence-corrected chi connectivity index (χ4v) is 3.13. The van der Waals surface area contributed by atoms with Crippen LogP contribution in [-0.4, -0.2) is 21.5 Å². The number of carbonyl (C=O) groups excluding carboxylic acids is 1. The first-order valence-electron chi connectivity index (χ1n) is 6.93. The smallest absolute Gasteiger partial charge is 0.267 e. The summed E-state index contributed by atoms with van der Waals surface area (Å²) in [5, 5.41) is 14.7. The van der Waals surface area contributed by atoms with Crippen LogP contribution in [0.3, 0.4) is 0 Å². The number of hydrazone groups is 1. The second kappa shape index (κ2) is 9.09. The first-order valence-corrected chi connectivity index (χ1v) is 9.14. The van der Waals surface area contributed by atoms with E-state index in [-0.39, 0.29) is 5.69 Å². The lowest BCUT2D eigenvalue weighted by Gasteiger charge is -2.04. The third kappa shape index (κ3) is 5.39. The zero-order chi connectivity index (χ0) is 17.4. The second-order valence-electron chi connectivity index (χ2n) is 4.60. The molecule has 0 aromatic heterocycles. The quantitative estimate of drug-likeness (QED) is 0.378. The molecule has 24 heavy (non-hydrogen) atoms. The molecule has 1 amide bonds. The van der Waals surface area contributed by atoms with Gasteiger partial charge in [-0.2, -0.15) is 5.10 Å². The van der Waals surface area contributed by atoms with E-state index in [1.165, 1.54) is 53.4 Å². The molecule has 0 aliphatic rings. The number of hydrogen-bond acceptors (Lipinski definition) is 6. The third-order valence-electron chi connectivity index (χ3n) is 2.97. The number of nitrogens with one attached hydrogen (secondary N) is 1. The van der Waals surface area contributed by atoms with E-state index in [0.29, 0.717) is 5.56 Å². The average molecular weight is 361 g/mol. The van der Waals surface area contributed by atoms with Crippen molar-refractivity contribution >= 4 is 39.5 Å². The maximum Gasteiger partial charge on any atom is 0.271 e. The van der Waals surface area contributed by atoms with E-state index in [1.807, 2.05) is 36.6 Å². The Hall–Kier alpha value is -2.32. The minimum absolute atomic E-state index is 0.0572. The van der Waals surface area contributed by atoms with Crippen molar-refractivity contribution < 1.29 is 9.72 Å². The zero-order valence-corrected chi connectivity index (χ0v) is 14.5. The lowest BCUT2D eigenvalue weighted by atomic mass is 10.2. The Balaban J connectivity index is 1.93. The van der Waals surface area contributed by atoms with Crippen molar-refractivity contribution in [1.82, 2.24) is 5.43 Å². The first kappa shape index (κ1) is 18.0. The molecule has 6 nitrogen and oxygen atoms in total. The van der Waals surface area contributed by atoms with Gasteiger partial charge in [0.05, 0.1) is 4.92 Å². The summed E-state index contributed by atoms with van der Waals surface area (Å²) in [6.45, 7) is 0. The molecule has 0 aliphatic carbocycles. The van der Waals surface area contributed by atoms with Crippen molar-refractivity contribution in [3.8, 4) is 0 Å². The number of nitrogens with zero attached hydrogens (tertiary/aromatic N) is 2. The third-order valence-corrected chi connectivity index (χ3v) is 5.08. The van der Waals surface area contributed by atoms with E-state index in [9.17, 15) is 14.9 Å². The van der Waals surface area contributed by atoms with Gasteiger partial charge in [0.25, 0.3) is 11.6 Å². The fraction of sp³-hybridized carbons (Fsp3) is 0.125. The monoisotopic (exact) mass is 361 g/mol. The standard InChI is InChI=1S/C16H15N3O3S2/c1-23-16(24-11-12-5-3-2-4-6-12)18-17-15(20)13-7-9-14(10-8-13)19(21)22/h2-10H,11H2,1H3,(H,17,20). The van der Waals surface area contributed by atoms with Gasteiger partial charge in [0, 0.05) is 23.4 Å². The van der Waals surface area contributed by atoms with Crippen LogP contribution in [0, 0.1) is 10.1 Å². The minimum Gasteiger partial charge on any atom is -0.267 e. The highest BCUT2D eigenvalue weighted by atomic mass is 32.2. The second-order valence-corrected chi connectivity index (χ2v) is 6.62. The molecule has 2 rings (SSSR count). The molecule has 124 valence electrons. The summed E-state index contributed by atoms with van der Waals surface area (Å²) >= 11 is 2.97. The molecule has 0 radical (unpaired) electrons. The van der Waals surface area contributed by atoms with Crippen LogP contribution >= 0.6 is 23.5 Å². The van der Waals surface area contributed by atoms with Gasteiger partial charge in [-0.3, -0.25) is 14.9 Å².